The predicted octanol–water partition coefficient (Wildman–Crippen LogP) is 4.20. The van der Waals surface area contributed by atoms with Crippen LogP contribution in [0.25, 0.3) is 11.3 Å². The summed E-state index contributed by atoms with van der Waals surface area (Å²) in [5, 5.41) is 5.09. The third-order valence-electron chi connectivity index (χ3n) is 2.45. The van der Waals surface area contributed by atoms with Gasteiger partial charge in [0.15, 0.2) is 5.76 Å². The molecule has 2 aromatic rings. The van der Waals surface area contributed by atoms with Crippen LogP contribution in [-0.2, 0) is 0 Å². The summed E-state index contributed by atoms with van der Waals surface area (Å²) in [6.45, 7) is 1.87. The number of benzene rings is 1. The van der Waals surface area contributed by atoms with Gasteiger partial charge in [-0.25, -0.2) is 0 Å². The van der Waals surface area contributed by atoms with Gasteiger partial charge in [0.2, 0.25) is 0 Å². The first-order valence-corrected chi connectivity index (χ1v) is 6.14. The molecule has 0 spiro atoms. The Morgan fingerprint density at radius 3 is 2.61 bits per heavy atom. The van der Waals surface area contributed by atoms with Gasteiger partial charge in [0.25, 0.3) is 0 Å². The Balaban J connectivity index is 2.35. The summed E-state index contributed by atoms with van der Waals surface area (Å²) in [6, 6.07) is 9.13. The molecule has 0 radical (unpaired) electrons. The van der Waals surface area contributed by atoms with Crippen molar-refractivity contribution in [2.24, 2.45) is 5.10 Å². The smallest absolute Gasteiger partial charge is 0.150 e. The van der Waals surface area contributed by atoms with Gasteiger partial charge < -0.3 is 9.84 Å². The lowest BCUT2D eigenvalue weighted by atomic mass is 10.2. The third kappa shape index (κ3) is 2.68. The molecule has 0 bridgehead atoms. The van der Waals surface area contributed by atoms with Crippen LogP contribution in [0.15, 0.2) is 39.9 Å². The summed E-state index contributed by atoms with van der Waals surface area (Å²) in [4.78, 5) is 0. The van der Waals surface area contributed by atoms with E-state index >= 15 is 0 Å². The largest absolute Gasteiger partial charge is 0.455 e. The lowest BCUT2D eigenvalue weighted by molar-refractivity contribution is 0.571. The maximum absolute atomic E-state index is 5.98. The molecule has 0 unspecified atom stereocenters. The van der Waals surface area contributed by atoms with Crippen LogP contribution >= 0.6 is 23.2 Å². The summed E-state index contributed by atoms with van der Waals surface area (Å²) >= 11 is 11.9. The molecule has 0 fully saturated rings. The molecule has 18 heavy (non-hydrogen) atoms. The van der Waals surface area contributed by atoms with E-state index in [0.29, 0.717) is 15.8 Å². The second kappa shape index (κ2) is 5.46. The van der Waals surface area contributed by atoms with Crippen LogP contribution in [-0.4, -0.2) is 12.8 Å². The fourth-order valence-corrected chi connectivity index (χ4v) is 1.86. The van der Waals surface area contributed by atoms with E-state index in [0.717, 1.165) is 17.0 Å². The van der Waals surface area contributed by atoms with Crippen LogP contribution in [0.1, 0.15) is 12.7 Å². The van der Waals surface area contributed by atoms with Crippen molar-refractivity contribution in [3.8, 4) is 11.3 Å². The second-order valence-corrected chi connectivity index (χ2v) is 4.53. The first kappa shape index (κ1) is 13.0. The Hall–Kier alpha value is -1.45. The van der Waals surface area contributed by atoms with Gasteiger partial charge in [-0.2, -0.15) is 5.10 Å². The van der Waals surface area contributed by atoms with Gasteiger partial charge in [-0.05, 0) is 37.3 Å². The molecule has 0 aliphatic rings. The first-order chi connectivity index (χ1) is 8.61. The molecule has 0 aliphatic carbocycles. The van der Waals surface area contributed by atoms with Gasteiger partial charge in [0.05, 0.1) is 15.8 Å². The number of halogens is 2. The molecule has 94 valence electrons. The van der Waals surface area contributed by atoms with Crippen molar-refractivity contribution in [1.82, 2.24) is 5.43 Å². The minimum atomic E-state index is 0.507. The Morgan fingerprint density at radius 1 is 1.17 bits per heavy atom. The number of furan rings is 1. The lowest BCUT2D eigenvalue weighted by Crippen LogP contribution is -2.01. The summed E-state index contributed by atoms with van der Waals surface area (Å²) in [6.07, 6.45) is 0. The summed E-state index contributed by atoms with van der Waals surface area (Å²) in [7, 11) is 1.74. The topological polar surface area (TPSA) is 37.5 Å². The molecule has 1 aromatic carbocycles. The van der Waals surface area contributed by atoms with Gasteiger partial charge in [-0.3, -0.25) is 0 Å². The number of hydrazone groups is 1. The average molecular weight is 283 g/mol. The molecule has 3 nitrogen and oxygen atoms in total. The lowest BCUT2D eigenvalue weighted by Gasteiger charge is -2.00. The number of nitrogens with zero attached hydrogens (tertiary/aromatic N) is 1. The van der Waals surface area contributed by atoms with E-state index in [9.17, 15) is 0 Å². The Morgan fingerprint density at radius 2 is 1.94 bits per heavy atom. The fraction of sp³-hybridized carbons (Fsp3) is 0.154. The Kier molecular flexibility index (Phi) is 3.94. The molecule has 0 saturated heterocycles. The number of hydrogen-bond acceptors (Lipinski definition) is 3. The van der Waals surface area contributed by atoms with E-state index in [2.05, 4.69) is 10.5 Å². The number of rotatable bonds is 3. The molecule has 0 saturated carbocycles. The van der Waals surface area contributed by atoms with Crippen LogP contribution in [0.3, 0.4) is 0 Å². The van der Waals surface area contributed by atoms with E-state index < -0.39 is 0 Å². The molecule has 1 aromatic heterocycles. The van der Waals surface area contributed by atoms with Gasteiger partial charge >= 0.3 is 0 Å². The molecular weight excluding hydrogens is 271 g/mol. The summed E-state index contributed by atoms with van der Waals surface area (Å²) in [5.74, 6) is 1.44. The second-order valence-electron chi connectivity index (χ2n) is 3.71. The minimum absolute atomic E-state index is 0.507. The third-order valence-corrected chi connectivity index (χ3v) is 3.19. The van der Waals surface area contributed by atoms with E-state index in [1.807, 2.05) is 25.1 Å². The molecule has 0 aliphatic heterocycles. The zero-order chi connectivity index (χ0) is 13.1. The van der Waals surface area contributed by atoms with Crippen LogP contribution in [0.5, 0.6) is 0 Å². The van der Waals surface area contributed by atoms with Crippen molar-refractivity contribution in [3.05, 3.63) is 46.1 Å². The first-order valence-electron chi connectivity index (χ1n) is 5.38. The molecular formula is C13H12Cl2N2O. The zero-order valence-corrected chi connectivity index (χ0v) is 11.5. The fourth-order valence-electron chi connectivity index (χ4n) is 1.56. The van der Waals surface area contributed by atoms with Gasteiger partial charge in [-0.15, -0.1) is 0 Å². The van der Waals surface area contributed by atoms with E-state index in [1.165, 1.54) is 0 Å². The van der Waals surface area contributed by atoms with Crippen molar-refractivity contribution in [2.75, 3.05) is 7.05 Å². The van der Waals surface area contributed by atoms with Crippen LogP contribution < -0.4 is 5.43 Å². The van der Waals surface area contributed by atoms with Crippen LogP contribution in [0.2, 0.25) is 10.0 Å². The van der Waals surface area contributed by atoms with Crippen molar-refractivity contribution >= 4 is 28.9 Å². The van der Waals surface area contributed by atoms with E-state index in [-0.39, 0.29) is 0 Å². The van der Waals surface area contributed by atoms with Crippen molar-refractivity contribution < 1.29 is 4.42 Å². The maximum Gasteiger partial charge on any atom is 0.150 e. The summed E-state index contributed by atoms with van der Waals surface area (Å²) in [5.41, 5.74) is 4.38. The maximum atomic E-state index is 5.98. The van der Waals surface area contributed by atoms with Gasteiger partial charge in [0.1, 0.15) is 5.76 Å². The predicted molar refractivity (Wildman–Crippen MR) is 75.4 cm³/mol. The normalized spacial score (nSPS) is 11.7. The number of nitrogens with one attached hydrogen (secondary N) is 1. The van der Waals surface area contributed by atoms with Crippen molar-refractivity contribution in [2.45, 2.75) is 6.92 Å². The SMILES string of the molecule is CN/N=C(\C)c1ccc(-c2ccc(Cl)c(Cl)c2)o1. The standard InChI is InChI=1S/C13H12Cl2N2O/c1-8(17-16-2)12-5-6-13(18-12)9-3-4-10(14)11(15)7-9/h3-7,16H,1-2H3/b17-8+. The van der Waals surface area contributed by atoms with Crippen molar-refractivity contribution in [1.29, 1.82) is 0 Å². The molecule has 2 rings (SSSR count). The van der Waals surface area contributed by atoms with Crippen molar-refractivity contribution in [3.63, 3.8) is 0 Å². The van der Waals surface area contributed by atoms with E-state index in [4.69, 9.17) is 27.6 Å². The Bertz CT molecular complexity index is 590. The Labute approximate surface area is 115 Å². The zero-order valence-electron chi connectivity index (χ0n) is 10.00. The quantitative estimate of drug-likeness (QED) is 0.677. The average Bonchev–Trinajstić information content (AvgIpc) is 2.82. The molecule has 0 atom stereocenters. The monoisotopic (exact) mass is 282 g/mol. The molecule has 1 N–H and O–H groups in total. The minimum Gasteiger partial charge on any atom is -0.455 e. The molecule has 1 heterocycles. The summed E-state index contributed by atoms with van der Waals surface area (Å²) < 4.78 is 5.71. The highest BCUT2D eigenvalue weighted by Gasteiger charge is 2.08. The highest BCUT2D eigenvalue weighted by molar-refractivity contribution is 6.42. The highest BCUT2D eigenvalue weighted by Crippen LogP contribution is 2.29. The van der Waals surface area contributed by atoms with Crippen LogP contribution in [0, 0.1) is 0 Å². The van der Waals surface area contributed by atoms with E-state index in [1.54, 1.807) is 19.2 Å². The van der Waals surface area contributed by atoms with Crippen LogP contribution in [0.4, 0.5) is 0 Å². The number of hydrogen-bond donors (Lipinski definition) is 1. The highest BCUT2D eigenvalue weighted by atomic mass is 35.5. The molecule has 5 heteroatoms. The van der Waals surface area contributed by atoms with Gasteiger partial charge in [-0.1, -0.05) is 23.2 Å². The molecule has 0 amide bonds. The van der Waals surface area contributed by atoms with Gasteiger partial charge in [0, 0.05) is 12.6 Å².